The van der Waals surface area contributed by atoms with Crippen molar-refractivity contribution in [1.82, 2.24) is 9.88 Å². The molecule has 4 nitrogen and oxygen atoms in total. The summed E-state index contributed by atoms with van der Waals surface area (Å²) in [6.45, 7) is 6.82. The minimum atomic E-state index is -0.372. The summed E-state index contributed by atoms with van der Waals surface area (Å²) in [5, 5.41) is 10.4. The van der Waals surface area contributed by atoms with Crippen molar-refractivity contribution < 1.29 is 4.79 Å². The second-order valence-electron chi connectivity index (χ2n) is 5.94. The van der Waals surface area contributed by atoms with E-state index in [1.54, 1.807) is 22.9 Å². The number of carbonyl (C=O) groups excluding carboxylic acids is 1. The summed E-state index contributed by atoms with van der Waals surface area (Å²) in [5.74, 6) is 0.867. The van der Waals surface area contributed by atoms with Crippen LogP contribution in [0.25, 0.3) is 0 Å². The van der Waals surface area contributed by atoms with Crippen LogP contribution in [0.2, 0.25) is 0 Å². The molecule has 0 aliphatic carbocycles. The second kappa shape index (κ2) is 6.48. The van der Waals surface area contributed by atoms with Crippen LogP contribution in [0.15, 0.2) is 23.4 Å². The van der Waals surface area contributed by atoms with E-state index < -0.39 is 0 Å². The summed E-state index contributed by atoms with van der Waals surface area (Å²) in [6, 6.07) is 5.62. The molecule has 0 radical (unpaired) electrons. The van der Waals surface area contributed by atoms with Gasteiger partial charge >= 0.3 is 0 Å². The molecule has 1 saturated heterocycles. The largest absolute Gasteiger partial charge is 0.322 e. The van der Waals surface area contributed by atoms with E-state index in [4.69, 9.17) is 0 Å². The van der Waals surface area contributed by atoms with Gasteiger partial charge in [-0.25, -0.2) is 4.98 Å². The normalized spacial score (nSPS) is 20.9. The zero-order chi connectivity index (χ0) is 15.5. The molecule has 1 aliphatic heterocycles. The van der Waals surface area contributed by atoms with Crippen LogP contribution in [0.5, 0.6) is 0 Å². The maximum absolute atomic E-state index is 12.7. The first-order valence-electron chi connectivity index (χ1n) is 7.29. The van der Waals surface area contributed by atoms with Crippen LogP contribution in [0, 0.1) is 16.7 Å². The van der Waals surface area contributed by atoms with Gasteiger partial charge in [-0.1, -0.05) is 20.8 Å². The number of pyridine rings is 1. The monoisotopic (exact) mass is 303 g/mol. The molecule has 0 N–H and O–H groups in total. The molecule has 1 atom stereocenters. The third kappa shape index (κ3) is 3.38. The highest BCUT2D eigenvalue weighted by Gasteiger charge is 2.40. The lowest BCUT2D eigenvalue weighted by Crippen LogP contribution is -2.51. The smallest absolute Gasteiger partial charge is 0.256 e. The number of nitriles is 1. The highest BCUT2D eigenvalue weighted by atomic mass is 32.2. The second-order valence-corrected chi connectivity index (χ2v) is 7.22. The lowest BCUT2D eigenvalue weighted by molar-refractivity contribution is 0.0437. The Morgan fingerprint density at radius 1 is 1.57 bits per heavy atom. The number of rotatable bonds is 3. The standard InChI is InChI=1S/C16H21N3OS/c1-4-21-14-7-6-12(11-18-14)15(20)19-9-5-8-16(2,3)13(19)10-17/h6-7,11,13H,4-5,8-9H2,1-3H3/t13-/m0/s1. The number of hydrogen-bond acceptors (Lipinski definition) is 4. The average molecular weight is 303 g/mol. The minimum absolute atomic E-state index is 0.0881. The highest BCUT2D eigenvalue weighted by Crippen LogP contribution is 2.35. The maximum Gasteiger partial charge on any atom is 0.256 e. The molecule has 1 aromatic heterocycles. The summed E-state index contributed by atoms with van der Waals surface area (Å²) < 4.78 is 0. The molecule has 2 heterocycles. The van der Waals surface area contributed by atoms with Crippen LogP contribution in [0.4, 0.5) is 0 Å². The number of nitrogens with zero attached hydrogens (tertiary/aromatic N) is 3. The molecule has 1 fully saturated rings. The van der Waals surface area contributed by atoms with Crippen LogP contribution in [-0.4, -0.2) is 34.1 Å². The molecule has 0 unspecified atom stereocenters. The Bertz CT molecular complexity index is 548. The van der Waals surface area contributed by atoms with Gasteiger partial charge in [0, 0.05) is 12.7 Å². The van der Waals surface area contributed by atoms with E-state index in [9.17, 15) is 10.1 Å². The Morgan fingerprint density at radius 3 is 2.90 bits per heavy atom. The number of likely N-dealkylation sites (tertiary alicyclic amines) is 1. The molecule has 0 spiro atoms. The van der Waals surface area contributed by atoms with Gasteiger partial charge < -0.3 is 4.90 Å². The summed E-state index contributed by atoms with van der Waals surface area (Å²) in [7, 11) is 0. The van der Waals surface area contributed by atoms with Crippen LogP contribution in [-0.2, 0) is 0 Å². The molecule has 0 bridgehead atoms. The summed E-state index contributed by atoms with van der Waals surface area (Å²) in [6.07, 6.45) is 3.53. The molecular formula is C16H21N3OS. The van der Waals surface area contributed by atoms with Gasteiger partial charge in [0.2, 0.25) is 0 Å². The van der Waals surface area contributed by atoms with Gasteiger partial charge in [-0.05, 0) is 36.1 Å². The van der Waals surface area contributed by atoms with Gasteiger partial charge in [-0.15, -0.1) is 11.8 Å². The van der Waals surface area contributed by atoms with Gasteiger partial charge in [0.25, 0.3) is 5.91 Å². The molecule has 5 heteroatoms. The average Bonchev–Trinajstić information content (AvgIpc) is 2.46. The SMILES string of the molecule is CCSc1ccc(C(=O)N2CCCC(C)(C)[C@@H]2C#N)cn1. The summed E-state index contributed by atoms with van der Waals surface area (Å²) >= 11 is 1.65. The number of piperidine rings is 1. The molecule has 2 rings (SSSR count). The molecule has 1 aromatic rings. The van der Waals surface area contributed by atoms with Crippen LogP contribution < -0.4 is 0 Å². The fourth-order valence-electron chi connectivity index (χ4n) is 2.76. The molecule has 21 heavy (non-hydrogen) atoms. The number of hydrogen-bond donors (Lipinski definition) is 0. The van der Waals surface area contributed by atoms with Crippen molar-refractivity contribution >= 4 is 17.7 Å². The van der Waals surface area contributed by atoms with E-state index in [0.29, 0.717) is 12.1 Å². The van der Waals surface area contributed by atoms with Crippen molar-refractivity contribution in [3.05, 3.63) is 23.9 Å². The summed E-state index contributed by atoms with van der Waals surface area (Å²) in [5.41, 5.74) is 0.405. The maximum atomic E-state index is 12.7. The highest BCUT2D eigenvalue weighted by molar-refractivity contribution is 7.99. The van der Waals surface area contributed by atoms with Crippen molar-refractivity contribution in [2.45, 2.75) is 44.7 Å². The van der Waals surface area contributed by atoms with Gasteiger partial charge in [0.05, 0.1) is 16.7 Å². The zero-order valence-electron chi connectivity index (χ0n) is 12.8. The van der Waals surface area contributed by atoms with E-state index in [2.05, 4.69) is 31.8 Å². The minimum Gasteiger partial charge on any atom is -0.322 e. The van der Waals surface area contributed by atoms with Crippen molar-refractivity contribution in [3.8, 4) is 6.07 Å². The van der Waals surface area contributed by atoms with E-state index >= 15 is 0 Å². The fraction of sp³-hybridized carbons (Fsp3) is 0.562. The van der Waals surface area contributed by atoms with Crippen molar-refractivity contribution in [3.63, 3.8) is 0 Å². The first-order chi connectivity index (χ1) is 9.99. The van der Waals surface area contributed by atoms with E-state index in [1.807, 2.05) is 12.1 Å². The lowest BCUT2D eigenvalue weighted by atomic mass is 9.77. The first-order valence-corrected chi connectivity index (χ1v) is 8.27. The van der Waals surface area contributed by atoms with Gasteiger partial charge in [-0.2, -0.15) is 5.26 Å². The molecule has 0 saturated carbocycles. The quantitative estimate of drug-likeness (QED) is 0.804. The fourth-order valence-corrected chi connectivity index (χ4v) is 3.35. The third-order valence-electron chi connectivity index (χ3n) is 3.93. The van der Waals surface area contributed by atoms with Crippen molar-refractivity contribution in [2.24, 2.45) is 5.41 Å². The van der Waals surface area contributed by atoms with Crippen LogP contribution >= 0.6 is 11.8 Å². The Balaban J connectivity index is 2.20. The molecular weight excluding hydrogens is 282 g/mol. The predicted molar refractivity (Wildman–Crippen MR) is 84.1 cm³/mol. The number of aromatic nitrogens is 1. The zero-order valence-corrected chi connectivity index (χ0v) is 13.6. The van der Waals surface area contributed by atoms with Crippen LogP contribution in [0.3, 0.4) is 0 Å². The lowest BCUT2D eigenvalue weighted by Gasteiger charge is -2.42. The molecule has 0 aromatic carbocycles. The molecule has 1 aliphatic rings. The number of amides is 1. The summed E-state index contributed by atoms with van der Waals surface area (Å²) in [4.78, 5) is 18.7. The van der Waals surface area contributed by atoms with Crippen molar-refractivity contribution in [1.29, 1.82) is 5.26 Å². The van der Waals surface area contributed by atoms with Gasteiger partial charge in [0.15, 0.2) is 0 Å². The topological polar surface area (TPSA) is 57.0 Å². The number of thioether (sulfide) groups is 1. The van der Waals surface area contributed by atoms with E-state index in [-0.39, 0.29) is 17.4 Å². The predicted octanol–water partition coefficient (Wildman–Crippen LogP) is 3.35. The third-order valence-corrected chi connectivity index (χ3v) is 4.76. The van der Waals surface area contributed by atoms with E-state index in [0.717, 1.165) is 23.6 Å². The number of carbonyl (C=O) groups is 1. The van der Waals surface area contributed by atoms with Crippen LogP contribution in [0.1, 0.15) is 44.0 Å². The Kier molecular flexibility index (Phi) is 4.89. The Labute approximate surface area is 130 Å². The Morgan fingerprint density at radius 2 is 2.33 bits per heavy atom. The molecule has 112 valence electrons. The van der Waals surface area contributed by atoms with Gasteiger partial charge in [0.1, 0.15) is 6.04 Å². The van der Waals surface area contributed by atoms with Crippen molar-refractivity contribution in [2.75, 3.05) is 12.3 Å². The Hall–Kier alpha value is -1.54. The van der Waals surface area contributed by atoms with Gasteiger partial charge in [-0.3, -0.25) is 4.79 Å². The first kappa shape index (κ1) is 15.8. The van der Waals surface area contributed by atoms with E-state index in [1.165, 1.54) is 0 Å². The molecule has 1 amide bonds.